The average molecular weight is 295 g/mol. The molecule has 4 rings (SSSR count). The highest BCUT2D eigenvalue weighted by atomic mass is 15.3. The van der Waals surface area contributed by atoms with Crippen molar-refractivity contribution in [1.29, 1.82) is 0 Å². The summed E-state index contributed by atoms with van der Waals surface area (Å²) >= 11 is 0. The predicted molar refractivity (Wildman–Crippen MR) is 87.1 cm³/mol. The molecule has 0 saturated carbocycles. The molecule has 2 aromatic heterocycles. The van der Waals surface area contributed by atoms with Gasteiger partial charge in [-0.25, -0.2) is 9.97 Å². The topological polar surface area (TPSA) is 45.2 Å². The van der Waals surface area contributed by atoms with Gasteiger partial charge >= 0.3 is 0 Å². The Kier molecular flexibility index (Phi) is 3.41. The lowest BCUT2D eigenvalue weighted by Crippen LogP contribution is -2.48. The minimum Gasteiger partial charge on any atom is -0.353 e. The van der Waals surface area contributed by atoms with Crippen LogP contribution in [0.1, 0.15) is 18.5 Å². The van der Waals surface area contributed by atoms with Crippen LogP contribution in [-0.4, -0.2) is 40.6 Å². The summed E-state index contributed by atoms with van der Waals surface area (Å²) in [5.74, 6) is 2.88. The van der Waals surface area contributed by atoms with Crippen molar-refractivity contribution in [3.63, 3.8) is 0 Å². The smallest absolute Gasteiger partial charge is 0.147 e. The van der Waals surface area contributed by atoms with Gasteiger partial charge in [-0.2, -0.15) is 0 Å². The number of aromatic nitrogens is 3. The van der Waals surface area contributed by atoms with Gasteiger partial charge in [-0.1, -0.05) is 6.07 Å². The minimum absolute atomic E-state index is 0.532. The standard InChI is InChI=1S/C17H21N5/c1-13-3-2-4-16(20-13)22-10-6-14-5-9-21(12-15(14)22)17-11-18-7-8-19-17/h2-4,7-8,11,14-15H,5-6,9-10,12H2,1H3. The third-order valence-electron chi connectivity index (χ3n) is 4.90. The first-order valence-corrected chi connectivity index (χ1v) is 8.02. The molecular formula is C17H21N5. The SMILES string of the molecule is Cc1cccc(N2CCC3CCN(c4cnccn4)CC32)n1. The molecule has 2 atom stereocenters. The van der Waals surface area contributed by atoms with Crippen LogP contribution in [0.5, 0.6) is 0 Å². The summed E-state index contributed by atoms with van der Waals surface area (Å²) in [7, 11) is 0. The lowest BCUT2D eigenvalue weighted by Gasteiger charge is -2.39. The molecule has 5 nitrogen and oxygen atoms in total. The van der Waals surface area contributed by atoms with Gasteiger partial charge in [0.2, 0.25) is 0 Å². The maximum atomic E-state index is 4.72. The van der Waals surface area contributed by atoms with Crippen LogP contribution in [0, 0.1) is 12.8 Å². The van der Waals surface area contributed by atoms with Crippen LogP contribution in [0.3, 0.4) is 0 Å². The first kappa shape index (κ1) is 13.5. The number of anilines is 2. The highest BCUT2D eigenvalue weighted by Gasteiger charge is 2.39. The van der Waals surface area contributed by atoms with Crippen molar-refractivity contribution in [3.8, 4) is 0 Å². The van der Waals surface area contributed by atoms with Crippen molar-refractivity contribution in [2.75, 3.05) is 29.4 Å². The number of hydrogen-bond donors (Lipinski definition) is 0. The fourth-order valence-electron chi connectivity index (χ4n) is 3.78. The molecule has 0 amide bonds. The van der Waals surface area contributed by atoms with E-state index in [-0.39, 0.29) is 0 Å². The zero-order valence-corrected chi connectivity index (χ0v) is 12.9. The summed E-state index contributed by atoms with van der Waals surface area (Å²) in [6, 6.07) is 6.83. The number of pyridine rings is 1. The highest BCUT2D eigenvalue weighted by Crippen LogP contribution is 2.35. The van der Waals surface area contributed by atoms with E-state index in [9.17, 15) is 0 Å². The zero-order chi connectivity index (χ0) is 14.9. The third kappa shape index (κ3) is 2.40. The summed E-state index contributed by atoms with van der Waals surface area (Å²) in [5.41, 5.74) is 1.09. The van der Waals surface area contributed by atoms with Crippen molar-refractivity contribution in [1.82, 2.24) is 15.0 Å². The van der Waals surface area contributed by atoms with Gasteiger partial charge in [0.1, 0.15) is 11.6 Å². The quantitative estimate of drug-likeness (QED) is 0.850. The molecule has 0 aliphatic carbocycles. The lowest BCUT2D eigenvalue weighted by molar-refractivity contribution is 0.388. The maximum Gasteiger partial charge on any atom is 0.147 e. The van der Waals surface area contributed by atoms with Crippen LogP contribution < -0.4 is 9.80 Å². The second-order valence-electron chi connectivity index (χ2n) is 6.24. The van der Waals surface area contributed by atoms with Crippen LogP contribution in [0.15, 0.2) is 36.8 Å². The van der Waals surface area contributed by atoms with Crippen molar-refractivity contribution in [2.45, 2.75) is 25.8 Å². The molecule has 22 heavy (non-hydrogen) atoms. The molecule has 114 valence electrons. The number of hydrogen-bond acceptors (Lipinski definition) is 5. The van der Waals surface area contributed by atoms with Gasteiger partial charge in [0.25, 0.3) is 0 Å². The molecule has 0 spiro atoms. The second kappa shape index (κ2) is 5.55. The van der Waals surface area contributed by atoms with Gasteiger partial charge in [0.15, 0.2) is 0 Å². The van der Waals surface area contributed by atoms with Crippen molar-refractivity contribution in [2.24, 2.45) is 5.92 Å². The van der Waals surface area contributed by atoms with E-state index >= 15 is 0 Å². The summed E-state index contributed by atoms with van der Waals surface area (Å²) in [6.07, 6.45) is 7.87. The number of fused-ring (bicyclic) bond motifs is 1. The van der Waals surface area contributed by atoms with E-state index in [1.165, 1.54) is 12.8 Å². The van der Waals surface area contributed by atoms with Crippen molar-refractivity contribution < 1.29 is 0 Å². The second-order valence-corrected chi connectivity index (χ2v) is 6.24. The normalized spacial score (nSPS) is 24.4. The van der Waals surface area contributed by atoms with Gasteiger partial charge < -0.3 is 9.80 Å². The van der Waals surface area contributed by atoms with Crippen molar-refractivity contribution >= 4 is 11.6 Å². The van der Waals surface area contributed by atoms with Gasteiger partial charge in [-0.15, -0.1) is 0 Å². The Labute approximate surface area is 131 Å². The Bertz CT molecular complexity index is 645. The van der Waals surface area contributed by atoms with Gasteiger partial charge in [0.05, 0.1) is 12.2 Å². The van der Waals surface area contributed by atoms with Crippen molar-refractivity contribution in [3.05, 3.63) is 42.5 Å². The Morgan fingerprint density at radius 1 is 1.09 bits per heavy atom. The van der Waals surface area contributed by atoms with Gasteiger partial charge in [-0.05, 0) is 37.8 Å². The largest absolute Gasteiger partial charge is 0.353 e. The minimum atomic E-state index is 0.532. The summed E-state index contributed by atoms with van der Waals surface area (Å²) in [6.45, 7) is 5.26. The van der Waals surface area contributed by atoms with E-state index in [1.54, 1.807) is 12.4 Å². The molecular weight excluding hydrogens is 274 g/mol. The molecule has 2 aliphatic rings. The first-order chi connectivity index (χ1) is 10.8. The molecule has 0 aromatic carbocycles. The maximum absolute atomic E-state index is 4.72. The van der Waals surface area contributed by atoms with Gasteiger partial charge in [0, 0.05) is 37.7 Å². The van der Waals surface area contributed by atoms with E-state index < -0.39 is 0 Å². The Morgan fingerprint density at radius 2 is 2.00 bits per heavy atom. The van der Waals surface area contributed by atoms with E-state index in [0.717, 1.165) is 42.9 Å². The van der Waals surface area contributed by atoms with Crippen LogP contribution in [0.25, 0.3) is 0 Å². The van der Waals surface area contributed by atoms with Crippen LogP contribution in [0.4, 0.5) is 11.6 Å². The fourth-order valence-corrected chi connectivity index (χ4v) is 3.78. The van der Waals surface area contributed by atoms with E-state index in [1.807, 2.05) is 6.20 Å². The Morgan fingerprint density at radius 3 is 2.82 bits per heavy atom. The summed E-state index contributed by atoms with van der Waals surface area (Å²) in [4.78, 5) is 18.2. The first-order valence-electron chi connectivity index (χ1n) is 8.02. The average Bonchev–Trinajstić information content (AvgIpc) is 2.99. The summed E-state index contributed by atoms with van der Waals surface area (Å²) in [5, 5.41) is 0. The monoisotopic (exact) mass is 295 g/mol. The molecule has 5 heteroatoms. The third-order valence-corrected chi connectivity index (χ3v) is 4.90. The number of rotatable bonds is 2. The molecule has 2 aromatic rings. The molecule has 2 saturated heterocycles. The van der Waals surface area contributed by atoms with E-state index in [2.05, 4.69) is 44.9 Å². The van der Waals surface area contributed by atoms with Crippen LogP contribution >= 0.6 is 0 Å². The van der Waals surface area contributed by atoms with Crippen LogP contribution in [-0.2, 0) is 0 Å². The summed E-state index contributed by atoms with van der Waals surface area (Å²) < 4.78 is 0. The molecule has 0 radical (unpaired) electrons. The molecule has 2 unspecified atom stereocenters. The molecule has 2 aliphatic heterocycles. The molecule has 2 fully saturated rings. The molecule has 4 heterocycles. The van der Waals surface area contributed by atoms with E-state index in [0.29, 0.717) is 6.04 Å². The molecule has 0 bridgehead atoms. The zero-order valence-electron chi connectivity index (χ0n) is 12.9. The fraction of sp³-hybridized carbons (Fsp3) is 0.471. The van der Waals surface area contributed by atoms with Crippen LogP contribution in [0.2, 0.25) is 0 Å². The number of nitrogens with zero attached hydrogens (tertiary/aromatic N) is 5. The van der Waals surface area contributed by atoms with E-state index in [4.69, 9.17) is 4.98 Å². The molecule has 0 N–H and O–H groups in total. The lowest BCUT2D eigenvalue weighted by atomic mass is 9.92. The Balaban J connectivity index is 1.57. The predicted octanol–water partition coefficient (Wildman–Crippen LogP) is 2.29. The number of aryl methyl sites for hydroxylation is 1. The Hall–Kier alpha value is -2.17. The number of piperidine rings is 1. The highest BCUT2D eigenvalue weighted by molar-refractivity contribution is 5.45. The van der Waals surface area contributed by atoms with Gasteiger partial charge in [-0.3, -0.25) is 4.98 Å².